The van der Waals surface area contributed by atoms with Crippen molar-refractivity contribution in [2.45, 2.75) is 19.0 Å². The molecular formula is C21H19FN6O3. The number of halogens is 1. The van der Waals surface area contributed by atoms with Crippen molar-refractivity contribution in [2.24, 2.45) is 0 Å². The Labute approximate surface area is 176 Å². The van der Waals surface area contributed by atoms with Crippen molar-refractivity contribution >= 4 is 23.7 Å². The van der Waals surface area contributed by atoms with Gasteiger partial charge in [-0.1, -0.05) is 18.2 Å². The summed E-state index contributed by atoms with van der Waals surface area (Å²) in [4.78, 5) is 42.5. The van der Waals surface area contributed by atoms with E-state index in [1.54, 1.807) is 29.3 Å². The molecule has 1 saturated heterocycles. The molecule has 0 radical (unpaired) electrons. The van der Waals surface area contributed by atoms with Crippen LogP contribution in [0.2, 0.25) is 0 Å². The monoisotopic (exact) mass is 422 g/mol. The fourth-order valence-electron chi connectivity index (χ4n) is 3.34. The maximum Gasteiger partial charge on any atom is 0.325 e. The van der Waals surface area contributed by atoms with Gasteiger partial charge in [0.1, 0.15) is 17.9 Å². The third kappa shape index (κ3) is 4.13. The lowest BCUT2D eigenvalue weighted by molar-refractivity contribution is -0.133. The Balaban J connectivity index is 1.40. The minimum atomic E-state index is -1.38. The molecule has 10 heteroatoms. The molecular weight excluding hydrogens is 403 g/mol. The number of benzene rings is 1. The first kappa shape index (κ1) is 20.2. The summed E-state index contributed by atoms with van der Waals surface area (Å²) in [6, 6.07) is 9.89. The van der Waals surface area contributed by atoms with Crippen molar-refractivity contribution in [3.63, 3.8) is 0 Å². The largest absolute Gasteiger partial charge is 0.325 e. The van der Waals surface area contributed by atoms with E-state index >= 15 is 0 Å². The van der Waals surface area contributed by atoms with E-state index < -0.39 is 35.7 Å². The lowest BCUT2D eigenvalue weighted by Gasteiger charge is -2.22. The maximum absolute atomic E-state index is 13.2. The molecule has 1 aliphatic rings. The number of nitrogens with one attached hydrogen (secondary N) is 2. The zero-order valence-corrected chi connectivity index (χ0v) is 16.6. The van der Waals surface area contributed by atoms with E-state index in [9.17, 15) is 18.8 Å². The van der Waals surface area contributed by atoms with Crippen LogP contribution in [0.4, 0.5) is 15.0 Å². The molecule has 0 spiro atoms. The molecule has 1 aliphatic heterocycles. The van der Waals surface area contributed by atoms with Crippen LogP contribution in [0.1, 0.15) is 18.1 Å². The second-order valence-corrected chi connectivity index (χ2v) is 7.26. The number of urea groups is 1. The second kappa shape index (κ2) is 7.98. The number of hydrogen-bond donors (Lipinski definition) is 2. The molecule has 1 aromatic carbocycles. The Morgan fingerprint density at radius 1 is 1.19 bits per heavy atom. The molecule has 158 valence electrons. The molecule has 0 saturated carbocycles. The van der Waals surface area contributed by atoms with E-state index in [2.05, 4.69) is 20.7 Å². The van der Waals surface area contributed by atoms with Gasteiger partial charge >= 0.3 is 6.03 Å². The van der Waals surface area contributed by atoms with Crippen molar-refractivity contribution in [3.05, 3.63) is 78.0 Å². The van der Waals surface area contributed by atoms with Crippen LogP contribution in [0.15, 0.2) is 61.1 Å². The average Bonchev–Trinajstić information content (AvgIpc) is 3.27. The topological polar surface area (TPSA) is 109 Å². The highest BCUT2D eigenvalue weighted by Crippen LogP contribution is 2.28. The van der Waals surface area contributed by atoms with Gasteiger partial charge in [-0.25, -0.2) is 9.18 Å². The zero-order valence-electron chi connectivity index (χ0n) is 16.6. The van der Waals surface area contributed by atoms with Gasteiger partial charge in [-0.2, -0.15) is 5.10 Å². The van der Waals surface area contributed by atoms with Gasteiger partial charge in [0.05, 0.1) is 6.54 Å². The van der Waals surface area contributed by atoms with Crippen LogP contribution < -0.4 is 10.6 Å². The number of hydrogen-bond acceptors (Lipinski definition) is 5. The van der Waals surface area contributed by atoms with Gasteiger partial charge in [-0.05, 0) is 36.2 Å². The van der Waals surface area contributed by atoms with Crippen molar-refractivity contribution in [1.82, 2.24) is 25.0 Å². The minimum Gasteiger partial charge on any atom is -0.319 e. The van der Waals surface area contributed by atoms with Crippen LogP contribution >= 0.6 is 0 Å². The predicted molar refractivity (Wildman–Crippen MR) is 108 cm³/mol. The van der Waals surface area contributed by atoms with Crippen LogP contribution in [-0.4, -0.2) is 44.1 Å². The summed E-state index contributed by atoms with van der Waals surface area (Å²) in [6.07, 6.45) is 5.09. The number of anilines is 1. The van der Waals surface area contributed by atoms with Crippen molar-refractivity contribution in [2.75, 3.05) is 11.9 Å². The van der Waals surface area contributed by atoms with E-state index in [-0.39, 0.29) is 0 Å². The molecule has 3 heterocycles. The maximum atomic E-state index is 13.2. The fourth-order valence-corrected chi connectivity index (χ4v) is 3.34. The molecule has 4 rings (SSSR count). The highest BCUT2D eigenvalue weighted by molar-refractivity contribution is 6.10. The first-order chi connectivity index (χ1) is 14.8. The number of imide groups is 1. The number of carbonyl (C=O) groups is 3. The van der Waals surface area contributed by atoms with E-state index in [1.165, 1.54) is 31.2 Å². The average molecular weight is 422 g/mol. The summed E-state index contributed by atoms with van der Waals surface area (Å²) < 4.78 is 14.8. The fraction of sp³-hybridized carbons (Fsp3) is 0.190. The van der Waals surface area contributed by atoms with Crippen LogP contribution in [-0.2, 0) is 21.7 Å². The van der Waals surface area contributed by atoms with Crippen molar-refractivity contribution in [1.29, 1.82) is 0 Å². The summed E-state index contributed by atoms with van der Waals surface area (Å²) in [6.45, 7) is 1.52. The number of rotatable bonds is 6. The number of amides is 4. The van der Waals surface area contributed by atoms with Crippen LogP contribution in [0.3, 0.4) is 0 Å². The van der Waals surface area contributed by atoms with Gasteiger partial charge in [0.25, 0.3) is 5.91 Å². The second-order valence-electron chi connectivity index (χ2n) is 7.26. The van der Waals surface area contributed by atoms with Crippen molar-refractivity contribution < 1.29 is 18.8 Å². The Hall–Kier alpha value is -4.08. The summed E-state index contributed by atoms with van der Waals surface area (Å²) in [5.41, 5.74) is -0.0108. The third-order valence-electron chi connectivity index (χ3n) is 4.97. The highest BCUT2D eigenvalue weighted by Gasteiger charge is 2.49. The first-order valence-corrected chi connectivity index (χ1v) is 9.47. The molecule has 2 N–H and O–H groups in total. The SMILES string of the molecule is CC1(c2ccc(F)cc2)NC(=O)N(CC(=O)Nc2ccn(Cc3cccnc3)n2)C1=O. The van der Waals surface area contributed by atoms with Crippen LogP contribution in [0.5, 0.6) is 0 Å². The zero-order chi connectivity index (χ0) is 22.0. The molecule has 3 aromatic rings. The quantitative estimate of drug-likeness (QED) is 0.590. The minimum absolute atomic E-state index is 0.294. The van der Waals surface area contributed by atoms with E-state index in [0.29, 0.717) is 17.9 Å². The summed E-state index contributed by atoms with van der Waals surface area (Å²) in [5.74, 6) is -1.33. The standard InChI is InChI=1S/C21H19FN6O3/c1-21(15-4-6-16(22)7-5-15)19(30)28(20(31)25-21)13-18(29)24-17-8-10-27(26-17)12-14-3-2-9-23-11-14/h2-11H,12-13H2,1H3,(H,25,31)(H,24,26,29). The molecule has 9 nitrogen and oxygen atoms in total. The Morgan fingerprint density at radius 3 is 2.68 bits per heavy atom. The first-order valence-electron chi connectivity index (χ1n) is 9.47. The van der Waals surface area contributed by atoms with Gasteiger partial charge in [-0.3, -0.25) is 24.2 Å². The predicted octanol–water partition coefficient (Wildman–Crippen LogP) is 1.87. The van der Waals surface area contributed by atoms with Gasteiger partial charge in [-0.15, -0.1) is 0 Å². The summed E-state index contributed by atoms with van der Waals surface area (Å²) >= 11 is 0. The van der Waals surface area contributed by atoms with E-state index in [4.69, 9.17) is 0 Å². The van der Waals surface area contributed by atoms with E-state index in [0.717, 1.165) is 10.5 Å². The Kier molecular flexibility index (Phi) is 5.20. The number of carbonyl (C=O) groups excluding carboxylic acids is 3. The molecule has 1 unspecified atom stereocenters. The highest BCUT2D eigenvalue weighted by atomic mass is 19.1. The van der Waals surface area contributed by atoms with Crippen molar-refractivity contribution in [3.8, 4) is 0 Å². The molecule has 0 bridgehead atoms. The van der Waals surface area contributed by atoms with E-state index in [1.807, 2.05) is 12.1 Å². The molecule has 4 amide bonds. The molecule has 1 fully saturated rings. The van der Waals surface area contributed by atoms with Crippen LogP contribution in [0, 0.1) is 5.82 Å². The van der Waals surface area contributed by atoms with Crippen LogP contribution in [0.25, 0.3) is 0 Å². The lowest BCUT2D eigenvalue weighted by atomic mass is 9.92. The number of nitrogens with zero attached hydrogens (tertiary/aromatic N) is 4. The molecule has 1 atom stereocenters. The molecule has 0 aliphatic carbocycles. The number of aromatic nitrogens is 3. The van der Waals surface area contributed by atoms with Gasteiger partial charge in [0.15, 0.2) is 5.82 Å². The van der Waals surface area contributed by atoms with Gasteiger partial charge < -0.3 is 10.6 Å². The lowest BCUT2D eigenvalue weighted by Crippen LogP contribution is -2.42. The van der Waals surface area contributed by atoms with Gasteiger partial charge in [0, 0.05) is 24.7 Å². The number of pyridine rings is 1. The third-order valence-corrected chi connectivity index (χ3v) is 4.97. The Morgan fingerprint density at radius 2 is 1.97 bits per heavy atom. The smallest absolute Gasteiger partial charge is 0.319 e. The molecule has 31 heavy (non-hydrogen) atoms. The van der Waals surface area contributed by atoms with Gasteiger partial charge in [0.2, 0.25) is 5.91 Å². The molecule has 2 aromatic heterocycles. The summed E-state index contributed by atoms with van der Waals surface area (Å²) in [5, 5.41) is 9.42. The summed E-state index contributed by atoms with van der Waals surface area (Å²) in [7, 11) is 0. The Bertz CT molecular complexity index is 1130. The normalized spacial score (nSPS) is 18.2.